The third-order valence-electron chi connectivity index (χ3n) is 14.4. The van der Waals surface area contributed by atoms with Crippen molar-refractivity contribution in [1.82, 2.24) is 0 Å². The second-order valence-electron chi connectivity index (χ2n) is 18.0. The van der Waals surface area contributed by atoms with E-state index >= 15 is 0 Å². The molecule has 0 atom stereocenters. The van der Waals surface area contributed by atoms with E-state index in [2.05, 4.69) is 243 Å². The summed E-state index contributed by atoms with van der Waals surface area (Å²) in [7, 11) is 0. The lowest BCUT2D eigenvalue weighted by atomic mass is 9.86. The number of fused-ring (bicyclic) bond motifs is 1. The molecule has 66 heavy (non-hydrogen) atoms. The van der Waals surface area contributed by atoms with Gasteiger partial charge in [0.05, 0.1) is 0 Å². The molecule has 0 aliphatic carbocycles. The van der Waals surface area contributed by atoms with Crippen molar-refractivity contribution in [2.75, 3.05) is 0 Å². The molecule has 0 saturated carbocycles. The molecule has 0 spiro atoms. The van der Waals surface area contributed by atoms with Gasteiger partial charge >= 0.3 is 0 Å². The Morgan fingerprint density at radius 2 is 0.455 bits per heavy atom. The zero-order valence-corrected chi connectivity index (χ0v) is 36.1. The fourth-order valence-electron chi connectivity index (χ4n) is 11.2. The van der Waals surface area contributed by atoms with E-state index in [1.807, 2.05) is 0 Å². The van der Waals surface area contributed by atoms with Gasteiger partial charge in [0.2, 0.25) is 0 Å². The standard InChI is InChI=1S/C66H40/c1-2-10-42(11-3-1)55-29-21-43-26-34-60-56(30-22-44-25-33-59(55)63(43)64(44)60)52-17-7-15-50(39-52)48-13-6-14-49(37-48)51-16-8-18-53(40-51)57-31-23-45-28-36-62-58(32-24-46-27-35-61(57)65(45)66(46)62)54-20-19-41-9-4-5-12-47(41)38-54/h1-40H. The largest absolute Gasteiger partial charge is 0.0622 e. The second-order valence-corrected chi connectivity index (χ2v) is 18.0. The zero-order valence-electron chi connectivity index (χ0n) is 36.1. The van der Waals surface area contributed by atoms with Crippen molar-refractivity contribution >= 4 is 75.4 Å². The van der Waals surface area contributed by atoms with Crippen LogP contribution in [0.15, 0.2) is 243 Å². The van der Waals surface area contributed by atoms with E-state index in [4.69, 9.17) is 0 Å². The molecule has 0 saturated heterocycles. The summed E-state index contributed by atoms with van der Waals surface area (Å²) < 4.78 is 0. The molecule has 0 N–H and O–H groups in total. The summed E-state index contributed by atoms with van der Waals surface area (Å²) in [6, 6.07) is 90.4. The molecule has 14 aromatic carbocycles. The molecule has 0 aromatic heterocycles. The monoisotopic (exact) mass is 832 g/mol. The van der Waals surface area contributed by atoms with Crippen LogP contribution in [-0.4, -0.2) is 0 Å². The van der Waals surface area contributed by atoms with Gasteiger partial charge in [-0.05, 0) is 166 Å². The predicted octanol–water partition coefficient (Wildman–Crippen LogP) is 18.6. The molecular formula is C66H40. The Balaban J connectivity index is 0.837. The first-order chi connectivity index (χ1) is 32.7. The van der Waals surface area contributed by atoms with Crippen LogP contribution in [0.2, 0.25) is 0 Å². The maximum Gasteiger partial charge on any atom is -0.00203 e. The molecule has 0 amide bonds. The van der Waals surface area contributed by atoms with Crippen LogP contribution < -0.4 is 0 Å². The van der Waals surface area contributed by atoms with Gasteiger partial charge in [0.1, 0.15) is 0 Å². The summed E-state index contributed by atoms with van der Waals surface area (Å²) >= 11 is 0. The summed E-state index contributed by atoms with van der Waals surface area (Å²) in [5, 5.41) is 18.1. The molecule has 0 aliphatic heterocycles. The molecule has 0 radical (unpaired) electrons. The van der Waals surface area contributed by atoms with Gasteiger partial charge in [-0.25, -0.2) is 0 Å². The lowest BCUT2D eigenvalue weighted by molar-refractivity contribution is 1.58. The fourth-order valence-corrected chi connectivity index (χ4v) is 11.2. The van der Waals surface area contributed by atoms with Crippen LogP contribution in [-0.2, 0) is 0 Å². The summed E-state index contributed by atoms with van der Waals surface area (Å²) in [6.45, 7) is 0. The van der Waals surface area contributed by atoms with Crippen LogP contribution in [0.4, 0.5) is 0 Å². The van der Waals surface area contributed by atoms with Gasteiger partial charge in [0.25, 0.3) is 0 Å². The van der Waals surface area contributed by atoms with Crippen molar-refractivity contribution in [2.45, 2.75) is 0 Å². The Kier molecular flexibility index (Phi) is 8.08. The SMILES string of the molecule is c1ccc(-c2ccc3ccc4c(-c5cccc(-c6cccc(-c7cccc(-c8ccc9ccc%10c(-c%11ccc%12ccccc%12c%11)ccc%11ccc8c9c%11%10)c7)c6)c5)ccc5ccc2c3c54)cc1. The zero-order chi connectivity index (χ0) is 43.3. The number of hydrogen-bond acceptors (Lipinski definition) is 0. The van der Waals surface area contributed by atoms with Crippen LogP contribution in [0.5, 0.6) is 0 Å². The molecule has 0 heterocycles. The van der Waals surface area contributed by atoms with Crippen molar-refractivity contribution in [2.24, 2.45) is 0 Å². The van der Waals surface area contributed by atoms with E-state index < -0.39 is 0 Å². The molecule has 14 rings (SSSR count). The lowest BCUT2D eigenvalue weighted by Crippen LogP contribution is -1.90. The normalized spacial score (nSPS) is 11.9. The van der Waals surface area contributed by atoms with Gasteiger partial charge in [0, 0.05) is 0 Å². The number of rotatable bonds is 6. The van der Waals surface area contributed by atoms with Crippen molar-refractivity contribution in [3.8, 4) is 66.8 Å². The highest BCUT2D eigenvalue weighted by molar-refractivity contribution is 6.29. The maximum absolute atomic E-state index is 2.37. The van der Waals surface area contributed by atoms with Crippen molar-refractivity contribution in [3.63, 3.8) is 0 Å². The van der Waals surface area contributed by atoms with E-state index in [9.17, 15) is 0 Å². The average Bonchev–Trinajstić information content (AvgIpc) is 3.39. The molecule has 0 fully saturated rings. The molecule has 0 aliphatic rings. The molecule has 0 nitrogen and oxygen atoms in total. The van der Waals surface area contributed by atoms with Gasteiger partial charge < -0.3 is 0 Å². The van der Waals surface area contributed by atoms with E-state index in [1.165, 1.54) is 142 Å². The van der Waals surface area contributed by atoms with Crippen LogP contribution >= 0.6 is 0 Å². The van der Waals surface area contributed by atoms with Crippen LogP contribution in [0.1, 0.15) is 0 Å². The third kappa shape index (κ3) is 5.72. The van der Waals surface area contributed by atoms with Crippen LogP contribution in [0, 0.1) is 0 Å². The molecule has 0 heteroatoms. The van der Waals surface area contributed by atoms with Gasteiger partial charge in [-0.15, -0.1) is 0 Å². The Morgan fingerprint density at radius 3 is 0.894 bits per heavy atom. The van der Waals surface area contributed by atoms with Gasteiger partial charge in [0.15, 0.2) is 0 Å². The van der Waals surface area contributed by atoms with Crippen LogP contribution in [0.25, 0.3) is 142 Å². The molecule has 304 valence electrons. The highest BCUT2D eigenvalue weighted by Crippen LogP contribution is 2.45. The minimum atomic E-state index is 1.20. The van der Waals surface area contributed by atoms with E-state index in [0.29, 0.717) is 0 Å². The Hall–Kier alpha value is -8.58. The molecule has 0 bridgehead atoms. The highest BCUT2D eigenvalue weighted by atomic mass is 14.2. The maximum atomic E-state index is 2.37. The van der Waals surface area contributed by atoms with Gasteiger partial charge in [-0.3, -0.25) is 0 Å². The first-order valence-corrected chi connectivity index (χ1v) is 23.0. The smallest absolute Gasteiger partial charge is 0.00203 e. The summed E-state index contributed by atoms with van der Waals surface area (Å²) in [4.78, 5) is 0. The second kappa shape index (κ2) is 14.5. The topological polar surface area (TPSA) is 0 Å². The minimum absolute atomic E-state index is 1.20. The molecular weight excluding hydrogens is 793 g/mol. The highest BCUT2D eigenvalue weighted by Gasteiger charge is 2.18. The van der Waals surface area contributed by atoms with E-state index in [1.54, 1.807) is 0 Å². The fraction of sp³-hybridized carbons (Fsp3) is 0. The summed E-state index contributed by atoms with van der Waals surface area (Å²) in [5.74, 6) is 0. The average molecular weight is 833 g/mol. The lowest BCUT2D eigenvalue weighted by Gasteiger charge is -2.17. The Bertz CT molecular complexity index is 4210. The van der Waals surface area contributed by atoms with Crippen molar-refractivity contribution < 1.29 is 0 Å². The Morgan fingerprint density at radius 1 is 0.152 bits per heavy atom. The van der Waals surface area contributed by atoms with Crippen molar-refractivity contribution in [1.29, 1.82) is 0 Å². The van der Waals surface area contributed by atoms with E-state index in [-0.39, 0.29) is 0 Å². The first kappa shape index (κ1) is 36.9. The van der Waals surface area contributed by atoms with Gasteiger partial charge in [-0.1, -0.05) is 218 Å². The first-order valence-electron chi connectivity index (χ1n) is 23.0. The molecule has 0 unspecified atom stereocenters. The minimum Gasteiger partial charge on any atom is -0.0622 e. The summed E-state index contributed by atoms with van der Waals surface area (Å²) in [6.07, 6.45) is 0. The number of benzene rings is 14. The third-order valence-corrected chi connectivity index (χ3v) is 14.4. The Labute approximate surface area is 383 Å². The van der Waals surface area contributed by atoms with Gasteiger partial charge in [-0.2, -0.15) is 0 Å². The predicted molar refractivity (Wildman–Crippen MR) is 284 cm³/mol. The quantitative estimate of drug-likeness (QED) is 0.146. The van der Waals surface area contributed by atoms with Crippen molar-refractivity contribution in [3.05, 3.63) is 243 Å². The molecule has 14 aromatic rings. The number of hydrogen-bond donors (Lipinski definition) is 0. The van der Waals surface area contributed by atoms with Crippen LogP contribution in [0.3, 0.4) is 0 Å². The van der Waals surface area contributed by atoms with E-state index in [0.717, 1.165) is 0 Å². The summed E-state index contributed by atoms with van der Waals surface area (Å²) in [5.41, 5.74) is 14.8.